The highest BCUT2D eigenvalue weighted by molar-refractivity contribution is 7.20. The van der Waals surface area contributed by atoms with Crippen molar-refractivity contribution in [3.8, 4) is 11.8 Å². The van der Waals surface area contributed by atoms with Gasteiger partial charge in [-0.1, -0.05) is 24.0 Å². The minimum absolute atomic E-state index is 0.0920. The van der Waals surface area contributed by atoms with E-state index < -0.39 is 18.2 Å². The number of aliphatic hydroxyl groups excluding tert-OH is 1. The van der Waals surface area contributed by atoms with Crippen molar-refractivity contribution in [2.24, 2.45) is 5.92 Å². The number of nitrogens with one attached hydrogen (secondary N) is 2. The van der Waals surface area contributed by atoms with Crippen molar-refractivity contribution < 1.29 is 32.5 Å². The summed E-state index contributed by atoms with van der Waals surface area (Å²) in [6, 6.07) is 5.22. The zero-order valence-electron chi connectivity index (χ0n) is 23.2. The fourth-order valence-corrected chi connectivity index (χ4v) is 6.53. The van der Waals surface area contributed by atoms with E-state index in [1.807, 2.05) is 6.07 Å². The molecule has 3 atom stereocenters. The van der Waals surface area contributed by atoms with Crippen molar-refractivity contribution in [1.82, 2.24) is 20.0 Å². The van der Waals surface area contributed by atoms with Gasteiger partial charge in [0, 0.05) is 36.3 Å². The molecule has 9 nitrogen and oxygen atoms in total. The molecular formula is C29H34F3N5O4S. The fourth-order valence-electron chi connectivity index (χ4n) is 5.35. The number of amides is 1. The second-order valence-electron chi connectivity index (χ2n) is 10.5. The summed E-state index contributed by atoms with van der Waals surface area (Å²) in [4.78, 5) is 14.9. The molecule has 226 valence electrons. The lowest BCUT2D eigenvalue weighted by atomic mass is 9.89. The molecule has 2 aromatic heterocycles. The molecule has 2 aliphatic rings. The molecule has 13 heteroatoms. The number of benzene rings is 1. The summed E-state index contributed by atoms with van der Waals surface area (Å²) >= 11 is 1.11. The Hall–Kier alpha value is -3.15. The molecule has 1 fully saturated rings. The number of aromatic nitrogens is 2. The van der Waals surface area contributed by atoms with Gasteiger partial charge in [0.2, 0.25) is 0 Å². The van der Waals surface area contributed by atoms with Crippen molar-refractivity contribution in [1.29, 1.82) is 0 Å². The monoisotopic (exact) mass is 605 g/mol. The predicted octanol–water partition coefficient (Wildman–Crippen LogP) is 3.64. The number of fused-ring (bicyclic) bond motifs is 4. The van der Waals surface area contributed by atoms with E-state index >= 15 is 0 Å². The molecule has 1 saturated heterocycles. The maximum atomic E-state index is 13.8. The minimum atomic E-state index is -4.87. The normalized spacial score (nSPS) is 22.5. The summed E-state index contributed by atoms with van der Waals surface area (Å²) in [5, 5.41) is 21.1. The van der Waals surface area contributed by atoms with E-state index in [4.69, 9.17) is 9.47 Å². The van der Waals surface area contributed by atoms with Gasteiger partial charge in [0.1, 0.15) is 0 Å². The Labute approximate surface area is 246 Å². The van der Waals surface area contributed by atoms with Crippen LogP contribution in [0.2, 0.25) is 0 Å². The van der Waals surface area contributed by atoms with Crippen LogP contribution in [0.15, 0.2) is 30.6 Å². The Morgan fingerprint density at radius 1 is 1.17 bits per heavy atom. The number of aliphatic hydroxyl groups is 1. The first-order valence-electron chi connectivity index (χ1n) is 13.9. The topological polar surface area (TPSA) is 101 Å². The SMILES string of the molecule is CN1CCC2Nc3cccc4c(C(O)C(F)(F)F)c(sc34)C#CCNC(=O)c3cnn(c3)CCOCCOCCC2C1. The van der Waals surface area contributed by atoms with Crippen molar-refractivity contribution >= 4 is 33.0 Å². The molecular weight excluding hydrogens is 571 g/mol. The van der Waals surface area contributed by atoms with Crippen LogP contribution in [-0.4, -0.2) is 91.0 Å². The maximum absolute atomic E-state index is 13.8. The number of piperidine rings is 1. The van der Waals surface area contributed by atoms with Crippen LogP contribution in [-0.2, 0) is 16.0 Å². The Kier molecular flexibility index (Phi) is 9.70. The number of carbonyl (C=O) groups excluding carboxylic acids is 1. The van der Waals surface area contributed by atoms with Crippen molar-refractivity contribution in [3.05, 3.63) is 46.6 Å². The Morgan fingerprint density at radius 2 is 1.98 bits per heavy atom. The third-order valence-electron chi connectivity index (χ3n) is 7.52. The van der Waals surface area contributed by atoms with E-state index in [2.05, 4.69) is 39.5 Å². The molecule has 3 unspecified atom stereocenters. The van der Waals surface area contributed by atoms with Crippen LogP contribution in [0.1, 0.15) is 39.7 Å². The summed E-state index contributed by atoms with van der Waals surface area (Å²) in [6.07, 6.45) is -2.86. The molecule has 0 spiro atoms. The number of ether oxygens (including phenoxy) is 2. The van der Waals surface area contributed by atoms with Crippen molar-refractivity contribution in [2.75, 3.05) is 58.4 Å². The van der Waals surface area contributed by atoms with Gasteiger partial charge in [-0.15, -0.1) is 11.3 Å². The van der Waals surface area contributed by atoms with Crippen molar-refractivity contribution in [2.45, 2.75) is 37.7 Å². The van der Waals surface area contributed by atoms with E-state index in [9.17, 15) is 23.1 Å². The fraction of sp³-hybridized carbons (Fsp3) is 0.517. The van der Waals surface area contributed by atoms with E-state index in [0.717, 1.165) is 37.3 Å². The number of alkyl halides is 3. The molecule has 42 heavy (non-hydrogen) atoms. The Morgan fingerprint density at radius 3 is 2.79 bits per heavy atom. The number of hydrogen-bond acceptors (Lipinski definition) is 8. The maximum Gasteiger partial charge on any atom is 0.418 e. The van der Waals surface area contributed by atoms with Gasteiger partial charge in [-0.25, -0.2) is 0 Å². The zero-order chi connectivity index (χ0) is 29.7. The highest BCUT2D eigenvalue weighted by Crippen LogP contribution is 2.44. The molecule has 3 aromatic rings. The van der Waals surface area contributed by atoms with Crippen LogP contribution >= 0.6 is 11.3 Å². The van der Waals surface area contributed by atoms with Gasteiger partial charge < -0.3 is 30.1 Å². The average molecular weight is 606 g/mol. The molecule has 1 aromatic carbocycles. The van der Waals surface area contributed by atoms with Gasteiger partial charge in [0.15, 0.2) is 6.10 Å². The Balaban J connectivity index is 1.47. The molecule has 4 heterocycles. The van der Waals surface area contributed by atoms with E-state index in [1.165, 1.54) is 6.20 Å². The molecule has 0 aliphatic carbocycles. The largest absolute Gasteiger partial charge is 0.418 e. The van der Waals surface area contributed by atoms with E-state index in [1.54, 1.807) is 23.0 Å². The molecule has 0 radical (unpaired) electrons. The van der Waals surface area contributed by atoms with E-state index in [0.29, 0.717) is 54.3 Å². The minimum Gasteiger partial charge on any atom is -0.381 e. The second-order valence-corrected chi connectivity index (χ2v) is 11.5. The van der Waals surface area contributed by atoms with Gasteiger partial charge in [-0.05, 0) is 38.4 Å². The molecule has 2 aliphatic heterocycles. The first-order chi connectivity index (χ1) is 20.2. The molecule has 5 rings (SSSR count). The number of anilines is 1. The Bertz CT molecular complexity index is 1450. The number of carbonyl (C=O) groups is 1. The number of nitrogens with zero attached hydrogens (tertiary/aromatic N) is 3. The summed E-state index contributed by atoms with van der Waals surface area (Å²) in [7, 11) is 2.08. The lowest BCUT2D eigenvalue weighted by Crippen LogP contribution is -2.45. The van der Waals surface area contributed by atoms with Gasteiger partial charge in [-0.3, -0.25) is 9.48 Å². The quantitative estimate of drug-likeness (QED) is 0.364. The van der Waals surface area contributed by atoms with Gasteiger partial charge >= 0.3 is 6.18 Å². The number of hydrogen-bond donors (Lipinski definition) is 3. The molecule has 0 saturated carbocycles. The standard InChI is InChI=1S/C29H34F3N5O4S/c1-36-10-7-22-19(17-36)8-12-40-14-15-41-13-11-37-18-20(16-34-37)28(39)33-9-3-6-24-25(27(38)29(30,31)32)21-4-2-5-23(35-22)26(21)42-24/h2,4-5,16,18-19,22,27,35,38H,7-15,17H2,1H3,(H,33,39). The molecule has 4 bridgehead atoms. The van der Waals surface area contributed by atoms with Crippen LogP contribution < -0.4 is 10.6 Å². The molecule has 1 amide bonds. The summed E-state index contributed by atoms with van der Waals surface area (Å²) in [6.45, 7) is 3.99. The number of likely N-dealkylation sites (tertiary alicyclic amines) is 1. The number of halogens is 3. The van der Waals surface area contributed by atoms with Crippen molar-refractivity contribution in [3.63, 3.8) is 0 Å². The second kappa shape index (κ2) is 13.4. The van der Waals surface area contributed by atoms with Crippen LogP contribution in [0.25, 0.3) is 10.1 Å². The first kappa shape index (κ1) is 30.3. The lowest BCUT2D eigenvalue weighted by Gasteiger charge is -2.38. The van der Waals surface area contributed by atoms with Crippen LogP contribution in [0, 0.1) is 17.8 Å². The van der Waals surface area contributed by atoms with Gasteiger partial charge in [0.05, 0.1) is 59.9 Å². The van der Waals surface area contributed by atoms with Crippen LogP contribution in [0.4, 0.5) is 18.9 Å². The van der Waals surface area contributed by atoms with Gasteiger partial charge in [0.25, 0.3) is 5.91 Å². The van der Waals surface area contributed by atoms with Crippen LogP contribution in [0.3, 0.4) is 0 Å². The zero-order valence-corrected chi connectivity index (χ0v) is 24.1. The van der Waals surface area contributed by atoms with Crippen LogP contribution in [0.5, 0.6) is 0 Å². The average Bonchev–Trinajstić information content (AvgIpc) is 3.57. The highest BCUT2D eigenvalue weighted by atomic mass is 32.1. The van der Waals surface area contributed by atoms with Gasteiger partial charge in [-0.2, -0.15) is 18.3 Å². The van der Waals surface area contributed by atoms with E-state index in [-0.39, 0.29) is 28.9 Å². The predicted molar refractivity (Wildman–Crippen MR) is 154 cm³/mol. The highest BCUT2D eigenvalue weighted by Gasteiger charge is 2.42. The lowest BCUT2D eigenvalue weighted by molar-refractivity contribution is -0.206. The summed E-state index contributed by atoms with van der Waals surface area (Å²) in [5.74, 6) is 5.39. The summed E-state index contributed by atoms with van der Waals surface area (Å²) < 4.78 is 55.0. The molecule has 3 N–H and O–H groups in total. The summed E-state index contributed by atoms with van der Waals surface area (Å²) in [5.41, 5.74) is 0.770. The number of thiophene rings is 1. The third kappa shape index (κ3) is 7.25. The third-order valence-corrected chi connectivity index (χ3v) is 8.69. The first-order valence-corrected chi connectivity index (χ1v) is 14.7. The smallest absolute Gasteiger partial charge is 0.381 e. The number of rotatable bonds is 1.